The Hall–Kier alpha value is -3.09. The van der Waals surface area contributed by atoms with Crippen molar-refractivity contribution in [1.82, 2.24) is 4.90 Å². The highest BCUT2D eigenvalue weighted by molar-refractivity contribution is 5.62. The number of amides is 1. The highest BCUT2D eigenvalue weighted by Gasteiger charge is 2.32. The molecule has 144 valence electrons. The number of phenols is 1. The first-order valence-corrected chi connectivity index (χ1v) is 8.49. The summed E-state index contributed by atoms with van der Waals surface area (Å²) in [5, 5.41) is 10.5. The number of phenolic OH excluding ortho intramolecular Hbond substituents is 1. The second kappa shape index (κ2) is 7.65. The molecule has 0 bridgehead atoms. The smallest absolute Gasteiger partial charge is 0.210 e. The molecule has 0 spiro atoms. The first kappa shape index (κ1) is 18.7. The molecule has 0 fully saturated rings. The van der Waals surface area contributed by atoms with Crippen molar-refractivity contribution >= 4 is 6.41 Å². The number of carbonyl (C=O) groups is 1. The van der Waals surface area contributed by atoms with Gasteiger partial charge in [0.05, 0.1) is 34.5 Å². The second-order valence-corrected chi connectivity index (χ2v) is 6.14. The molecule has 2 aromatic carbocycles. The van der Waals surface area contributed by atoms with Crippen LogP contribution >= 0.6 is 0 Å². The Kier molecular flexibility index (Phi) is 5.30. The predicted octanol–water partition coefficient (Wildman–Crippen LogP) is 2.53. The third-order valence-electron chi connectivity index (χ3n) is 4.89. The summed E-state index contributed by atoms with van der Waals surface area (Å²) in [6.45, 7) is 0.471. The predicted molar refractivity (Wildman–Crippen MR) is 99.1 cm³/mol. The Morgan fingerprint density at radius 1 is 1.00 bits per heavy atom. The van der Waals surface area contributed by atoms with Crippen molar-refractivity contribution in [2.45, 2.75) is 12.5 Å². The van der Waals surface area contributed by atoms with Crippen LogP contribution in [0, 0.1) is 0 Å². The molecule has 1 amide bonds. The maximum absolute atomic E-state index is 11.7. The third kappa shape index (κ3) is 3.09. The maximum atomic E-state index is 11.7. The number of carbonyl (C=O) groups excluding carboxylic acids is 1. The molecular weight excluding hydrogens is 350 g/mol. The SMILES string of the molecule is COc1ccc2c(c1O)CCN(C=O)[C@@H]2c1cc(OC)c(OC)c(OC)c1. The fourth-order valence-corrected chi connectivity index (χ4v) is 3.61. The standard InChI is InChI=1S/C20H23NO6/c1-24-15-6-5-13-14(19(15)23)7-8-21(11-22)18(13)12-9-16(25-2)20(27-4)17(10-12)26-3/h5-6,9-11,18,23H,7-8H2,1-4H3/t18-/m1/s1. The monoisotopic (exact) mass is 373 g/mol. The van der Waals surface area contributed by atoms with E-state index < -0.39 is 6.04 Å². The molecule has 3 rings (SSSR count). The molecule has 0 saturated carbocycles. The highest BCUT2D eigenvalue weighted by Crippen LogP contribution is 2.46. The van der Waals surface area contributed by atoms with Gasteiger partial charge in [-0.05, 0) is 35.7 Å². The van der Waals surface area contributed by atoms with Crippen molar-refractivity contribution in [2.75, 3.05) is 35.0 Å². The Balaban J connectivity index is 2.21. The molecule has 0 aromatic heterocycles. The van der Waals surface area contributed by atoms with Crippen molar-refractivity contribution < 1.29 is 28.8 Å². The molecule has 0 radical (unpaired) electrons. The first-order chi connectivity index (χ1) is 13.1. The number of fused-ring (bicyclic) bond motifs is 1. The minimum Gasteiger partial charge on any atom is -0.504 e. The minimum atomic E-state index is -0.392. The Morgan fingerprint density at radius 2 is 1.63 bits per heavy atom. The van der Waals surface area contributed by atoms with E-state index in [1.54, 1.807) is 25.2 Å². The van der Waals surface area contributed by atoms with Crippen molar-refractivity contribution in [3.63, 3.8) is 0 Å². The van der Waals surface area contributed by atoms with Gasteiger partial charge in [-0.1, -0.05) is 6.07 Å². The van der Waals surface area contributed by atoms with Crippen LogP contribution < -0.4 is 18.9 Å². The Bertz CT molecular complexity index is 826. The number of benzene rings is 2. The van der Waals surface area contributed by atoms with Crippen LogP contribution in [-0.2, 0) is 11.2 Å². The van der Waals surface area contributed by atoms with Crippen molar-refractivity contribution in [3.05, 3.63) is 41.0 Å². The average Bonchev–Trinajstić information content (AvgIpc) is 2.71. The van der Waals surface area contributed by atoms with Crippen LogP contribution in [0.5, 0.6) is 28.7 Å². The van der Waals surface area contributed by atoms with E-state index in [2.05, 4.69) is 0 Å². The Labute approximate surface area is 158 Å². The highest BCUT2D eigenvalue weighted by atomic mass is 16.5. The van der Waals surface area contributed by atoms with Gasteiger partial charge >= 0.3 is 0 Å². The zero-order valence-electron chi connectivity index (χ0n) is 15.8. The van der Waals surface area contributed by atoms with E-state index in [0.29, 0.717) is 36.0 Å². The number of hydrogen-bond donors (Lipinski definition) is 1. The summed E-state index contributed by atoms with van der Waals surface area (Å²) in [7, 11) is 6.14. The van der Waals surface area contributed by atoms with E-state index in [4.69, 9.17) is 18.9 Å². The van der Waals surface area contributed by atoms with Gasteiger partial charge in [-0.25, -0.2) is 0 Å². The van der Waals surface area contributed by atoms with Crippen molar-refractivity contribution in [3.8, 4) is 28.7 Å². The van der Waals surface area contributed by atoms with Crippen molar-refractivity contribution in [2.24, 2.45) is 0 Å². The van der Waals surface area contributed by atoms with Crippen LogP contribution in [0.2, 0.25) is 0 Å². The molecule has 1 atom stereocenters. The van der Waals surface area contributed by atoms with Gasteiger partial charge in [0.1, 0.15) is 0 Å². The summed E-state index contributed by atoms with van der Waals surface area (Å²) in [5.74, 6) is 2.01. The average molecular weight is 373 g/mol. The largest absolute Gasteiger partial charge is 0.504 e. The van der Waals surface area contributed by atoms with Gasteiger partial charge in [-0.2, -0.15) is 0 Å². The van der Waals surface area contributed by atoms with E-state index in [1.807, 2.05) is 18.2 Å². The normalized spacial score (nSPS) is 15.7. The quantitative estimate of drug-likeness (QED) is 0.784. The van der Waals surface area contributed by atoms with E-state index in [-0.39, 0.29) is 5.75 Å². The van der Waals surface area contributed by atoms with Gasteiger partial charge in [-0.3, -0.25) is 4.79 Å². The minimum absolute atomic E-state index is 0.109. The van der Waals surface area contributed by atoms with Crippen LogP contribution in [0.3, 0.4) is 0 Å². The lowest BCUT2D eigenvalue weighted by atomic mass is 9.87. The van der Waals surface area contributed by atoms with Gasteiger partial charge in [0.2, 0.25) is 12.2 Å². The van der Waals surface area contributed by atoms with Crippen molar-refractivity contribution in [1.29, 1.82) is 0 Å². The summed E-state index contributed by atoms with van der Waals surface area (Å²) in [6, 6.07) is 6.82. The molecule has 0 saturated heterocycles. The molecule has 27 heavy (non-hydrogen) atoms. The van der Waals surface area contributed by atoms with Crippen LogP contribution in [0.15, 0.2) is 24.3 Å². The molecular formula is C20H23NO6. The van der Waals surface area contributed by atoms with Crippen LogP contribution in [0.1, 0.15) is 22.7 Å². The summed E-state index contributed by atoms with van der Waals surface area (Å²) >= 11 is 0. The van der Waals surface area contributed by atoms with Crippen LogP contribution in [0.4, 0.5) is 0 Å². The topological polar surface area (TPSA) is 77.5 Å². The molecule has 0 aliphatic carbocycles. The number of aromatic hydroxyl groups is 1. The summed E-state index contributed by atoms with van der Waals surface area (Å²) in [6.07, 6.45) is 1.36. The fourth-order valence-electron chi connectivity index (χ4n) is 3.61. The summed E-state index contributed by atoms with van der Waals surface area (Å²) in [5.41, 5.74) is 2.40. The summed E-state index contributed by atoms with van der Waals surface area (Å²) < 4.78 is 21.5. The van der Waals surface area contributed by atoms with Gasteiger partial charge < -0.3 is 29.0 Å². The molecule has 1 heterocycles. The van der Waals surface area contributed by atoms with Crippen LogP contribution in [0.25, 0.3) is 0 Å². The zero-order chi connectivity index (χ0) is 19.6. The van der Waals surface area contributed by atoms with E-state index >= 15 is 0 Å². The van der Waals surface area contributed by atoms with E-state index in [0.717, 1.165) is 23.1 Å². The van der Waals surface area contributed by atoms with Gasteiger partial charge in [0.15, 0.2) is 23.0 Å². The van der Waals surface area contributed by atoms with Gasteiger partial charge in [0.25, 0.3) is 0 Å². The lowest BCUT2D eigenvalue weighted by Gasteiger charge is -2.36. The molecule has 0 unspecified atom stereocenters. The third-order valence-corrected chi connectivity index (χ3v) is 4.89. The fraction of sp³-hybridized carbons (Fsp3) is 0.350. The zero-order valence-corrected chi connectivity index (χ0v) is 15.8. The molecule has 1 N–H and O–H groups in total. The van der Waals surface area contributed by atoms with E-state index in [9.17, 15) is 9.90 Å². The maximum Gasteiger partial charge on any atom is 0.210 e. The van der Waals surface area contributed by atoms with Gasteiger partial charge in [0, 0.05) is 12.1 Å². The molecule has 2 aromatic rings. The number of rotatable bonds is 6. The molecule has 1 aliphatic rings. The van der Waals surface area contributed by atoms with Gasteiger partial charge in [-0.15, -0.1) is 0 Å². The number of nitrogens with zero attached hydrogens (tertiary/aromatic N) is 1. The molecule has 1 aliphatic heterocycles. The number of ether oxygens (including phenoxy) is 4. The summed E-state index contributed by atoms with van der Waals surface area (Å²) in [4.78, 5) is 13.4. The Morgan fingerprint density at radius 3 is 2.15 bits per heavy atom. The lowest BCUT2D eigenvalue weighted by Crippen LogP contribution is -2.35. The first-order valence-electron chi connectivity index (χ1n) is 8.49. The lowest BCUT2D eigenvalue weighted by molar-refractivity contribution is -0.120. The van der Waals surface area contributed by atoms with Crippen LogP contribution in [-0.4, -0.2) is 51.4 Å². The second-order valence-electron chi connectivity index (χ2n) is 6.14. The van der Waals surface area contributed by atoms with E-state index in [1.165, 1.54) is 14.2 Å². The number of methoxy groups -OCH3 is 4. The number of hydrogen-bond acceptors (Lipinski definition) is 6. The molecule has 7 heteroatoms. The molecule has 7 nitrogen and oxygen atoms in total.